The predicted molar refractivity (Wildman–Crippen MR) is 125 cm³/mol. The molecule has 0 spiro atoms. The summed E-state index contributed by atoms with van der Waals surface area (Å²) in [5, 5.41) is 8.69. The zero-order valence-corrected chi connectivity index (χ0v) is 19.8. The molecule has 3 N–H and O–H groups in total. The van der Waals surface area contributed by atoms with Crippen molar-refractivity contribution in [2.24, 2.45) is 4.99 Å². The van der Waals surface area contributed by atoms with Crippen LogP contribution >= 0.6 is 24.0 Å². The molecular weight excluding hydrogens is 539 g/mol. The Hall–Kier alpha value is -2.90. The average molecular weight is 563 g/mol. The van der Waals surface area contributed by atoms with Crippen LogP contribution in [0.4, 0.5) is 14.6 Å². The van der Waals surface area contributed by atoms with E-state index in [1.54, 1.807) is 25.4 Å². The first-order valence-electron chi connectivity index (χ1n) is 9.49. The molecule has 0 atom stereocenters. The highest BCUT2D eigenvalue weighted by molar-refractivity contribution is 14.0. The third kappa shape index (κ3) is 7.35. The van der Waals surface area contributed by atoms with Crippen molar-refractivity contribution in [1.29, 1.82) is 0 Å². The van der Waals surface area contributed by atoms with Crippen molar-refractivity contribution < 1.29 is 27.8 Å². The number of aromatic nitrogens is 1. The molecule has 0 unspecified atom stereocenters. The number of fused-ring (bicyclic) bond motifs is 1. The number of alkyl halides is 2. The summed E-state index contributed by atoms with van der Waals surface area (Å²) in [6.45, 7) is -0.605. The molecule has 0 fully saturated rings. The quantitative estimate of drug-likeness (QED) is 0.258. The molecule has 174 valence electrons. The maximum atomic E-state index is 12.7. The second-order valence-corrected chi connectivity index (χ2v) is 6.56. The number of nitrogens with one attached hydrogen (secondary N) is 3. The van der Waals surface area contributed by atoms with E-state index in [9.17, 15) is 13.6 Å². The second-order valence-electron chi connectivity index (χ2n) is 6.56. The first-order valence-corrected chi connectivity index (χ1v) is 9.49. The van der Waals surface area contributed by atoms with Gasteiger partial charge in [-0.2, -0.15) is 8.78 Å². The minimum atomic E-state index is -2.97. The Morgan fingerprint density at radius 2 is 2.00 bits per heavy atom. The van der Waals surface area contributed by atoms with Crippen LogP contribution in [0.5, 0.6) is 17.2 Å². The number of aliphatic imine (C=N–C) groups is 1. The number of pyridine rings is 1. The molecule has 1 aromatic carbocycles. The van der Waals surface area contributed by atoms with Crippen LogP contribution in [0.1, 0.15) is 17.5 Å². The van der Waals surface area contributed by atoms with Gasteiger partial charge in [0.15, 0.2) is 17.5 Å². The summed E-state index contributed by atoms with van der Waals surface area (Å²) in [6.07, 6.45) is 1.85. The molecule has 1 aromatic heterocycles. The number of hydrogen-bond acceptors (Lipinski definition) is 6. The third-order valence-electron chi connectivity index (χ3n) is 4.27. The standard InChI is InChI=1S/C20H23F2N5O4.HI/c1-12-3-4-17(25-9-12)27-18(28)5-6-24-20(23-2)26-10-13-7-15-16(30-11-29-15)8-14(13)31-19(21)22;/h3-4,7-9,19H,5-6,10-11H2,1-2H3,(H2,23,24,26)(H,25,27,28);1H. The van der Waals surface area contributed by atoms with Crippen LogP contribution in [0.15, 0.2) is 35.5 Å². The van der Waals surface area contributed by atoms with Crippen molar-refractivity contribution >= 4 is 41.7 Å². The molecule has 1 aliphatic heterocycles. The number of carbonyl (C=O) groups excluding carboxylic acids is 1. The fourth-order valence-electron chi connectivity index (χ4n) is 2.75. The number of guanidine groups is 1. The molecule has 1 amide bonds. The van der Waals surface area contributed by atoms with Crippen molar-refractivity contribution in [2.75, 3.05) is 25.7 Å². The smallest absolute Gasteiger partial charge is 0.387 e. The van der Waals surface area contributed by atoms with E-state index < -0.39 is 6.61 Å². The lowest BCUT2D eigenvalue weighted by Crippen LogP contribution is -2.38. The predicted octanol–water partition coefficient (Wildman–Crippen LogP) is 3.03. The lowest BCUT2D eigenvalue weighted by Gasteiger charge is -2.15. The van der Waals surface area contributed by atoms with Crippen molar-refractivity contribution in [1.82, 2.24) is 15.6 Å². The minimum Gasteiger partial charge on any atom is -0.454 e. The Morgan fingerprint density at radius 1 is 1.25 bits per heavy atom. The van der Waals surface area contributed by atoms with E-state index in [-0.39, 0.29) is 55.4 Å². The van der Waals surface area contributed by atoms with E-state index >= 15 is 0 Å². The number of carbonyl (C=O) groups is 1. The zero-order valence-electron chi connectivity index (χ0n) is 17.5. The Labute approximate surface area is 201 Å². The van der Waals surface area contributed by atoms with E-state index in [4.69, 9.17) is 9.47 Å². The lowest BCUT2D eigenvalue weighted by atomic mass is 10.1. The van der Waals surface area contributed by atoms with Crippen LogP contribution in [0.3, 0.4) is 0 Å². The Balaban J connectivity index is 0.00000363. The Morgan fingerprint density at radius 3 is 2.66 bits per heavy atom. The minimum absolute atomic E-state index is 0. The van der Waals surface area contributed by atoms with Gasteiger partial charge in [0, 0.05) is 44.4 Å². The van der Waals surface area contributed by atoms with Gasteiger partial charge in [-0.15, -0.1) is 24.0 Å². The van der Waals surface area contributed by atoms with Crippen LogP contribution < -0.4 is 30.2 Å². The molecule has 12 heteroatoms. The summed E-state index contributed by atoms with van der Waals surface area (Å²) in [5.74, 6) is 1.43. The first kappa shape index (κ1) is 25.4. The van der Waals surface area contributed by atoms with Gasteiger partial charge in [0.2, 0.25) is 12.7 Å². The molecule has 0 saturated heterocycles. The first-order chi connectivity index (χ1) is 14.9. The molecule has 9 nitrogen and oxygen atoms in total. The second kappa shape index (κ2) is 12.2. The van der Waals surface area contributed by atoms with Crippen molar-refractivity contribution in [3.63, 3.8) is 0 Å². The zero-order chi connectivity index (χ0) is 22.2. The summed E-state index contributed by atoms with van der Waals surface area (Å²) in [7, 11) is 1.56. The highest BCUT2D eigenvalue weighted by Crippen LogP contribution is 2.38. The van der Waals surface area contributed by atoms with E-state index in [0.29, 0.717) is 35.4 Å². The van der Waals surface area contributed by atoms with Crippen LogP contribution in [0.25, 0.3) is 0 Å². The van der Waals surface area contributed by atoms with Gasteiger partial charge in [0.05, 0.1) is 0 Å². The molecule has 0 radical (unpaired) electrons. The van der Waals surface area contributed by atoms with Gasteiger partial charge in [-0.1, -0.05) is 6.07 Å². The topological polar surface area (TPSA) is 106 Å². The summed E-state index contributed by atoms with van der Waals surface area (Å²) >= 11 is 0. The summed E-state index contributed by atoms with van der Waals surface area (Å²) in [5.41, 5.74) is 1.44. The third-order valence-corrected chi connectivity index (χ3v) is 4.27. The molecule has 2 aromatic rings. The largest absolute Gasteiger partial charge is 0.454 e. The monoisotopic (exact) mass is 563 g/mol. The molecule has 0 bridgehead atoms. The number of ether oxygens (including phenoxy) is 3. The van der Waals surface area contributed by atoms with Gasteiger partial charge < -0.3 is 30.2 Å². The molecule has 2 heterocycles. The lowest BCUT2D eigenvalue weighted by molar-refractivity contribution is -0.116. The molecule has 0 aliphatic carbocycles. The Bertz CT molecular complexity index is 944. The number of anilines is 1. The molecular formula is C20H24F2IN5O4. The number of nitrogens with zero attached hydrogens (tertiary/aromatic N) is 2. The van der Waals surface area contributed by atoms with Crippen LogP contribution in [-0.2, 0) is 11.3 Å². The molecule has 3 rings (SSSR count). The normalized spacial score (nSPS) is 12.2. The van der Waals surface area contributed by atoms with Crippen LogP contribution in [-0.4, -0.2) is 43.8 Å². The molecule has 32 heavy (non-hydrogen) atoms. The number of hydrogen-bond donors (Lipinski definition) is 3. The molecule has 0 saturated carbocycles. The number of benzene rings is 1. The van der Waals surface area contributed by atoms with Gasteiger partial charge in [0.1, 0.15) is 11.6 Å². The maximum absolute atomic E-state index is 12.7. The van der Waals surface area contributed by atoms with Crippen molar-refractivity contribution in [3.05, 3.63) is 41.6 Å². The van der Waals surface area contributed by atoms with Gasteiger partial charge in [0.25, 0.3) is 0 Å². The van der Waals surface area contributed by atoms with E-state index in [0.717, 1.165) is 5.56 Å². The van der Waals surface area contributed by atoms with E-state index in [1.807, 2.05) is 13.0 Å². The summed E-state index contributed by atoms with van der Waals surface area (Å²) in [6, 6.07) is 6.52. The fourth-order valence-corrected chi connectivity index (χ4v) is 2.75. The van der Waals surface area contributed by atoms with Gasteiger partial charge >= 0.3 is 6.61 Å². The summed E-state index contributed by atoms with van der Waals surface area (Å²) < 4.78 is 40.6. The number of halogens is 3. The van der Waals surface area contributed by atoms with Crippen molar-refractivity contribution in [2.45, 2.75) is 26.5 Å². The van der Waals surface area contributed by atoms with Gasteiger partial charge in [-0.05, 0) is 24.6 Å². The van der Waals surface area contributed by atoms with E-state index in [2.05, 4.69) is 30.7 Å². The maximum Gasteiger partial charge on any atom is 0.387 e. The number of rotatable bonds is 8. The van der Waals surface area contributed by atoms with Crippen LogP contribution in [0.2, 0.25) is 0 Å². The molecule has 1 aliphatic rings. The fraction of sp³-hybridized carbons (Fsp3) is 0.350. The Kier molecular flexibility index (Phi) is 9.68. The van der Waals surface area contributed by atoms with Crippen molar-refractivity contribution in [3.8, 4) is 17.2 Å². The van der Waals surface area contributed by atoms with Gasteiger partial charge in [-0.25, -0.2) is 4.98 Å². The highest BCUT2D eigenvalue weighted by atomic mass is 127. The van der Waals surface area contributed by atoms with E-state index in [1.165, 1.54) is 6.07 Å². The highest BCUT2D eigenvalue weighted by Gasteiger charge is 2.20. The number of aryl methyl sites for hydroxylation is 1. The SMILES string of the molecule is CN=C(NCCC(=O)Nc1ccc(C)cn1)NCc1cc2c(cc1OC(F)F)OCO2.I. The van der Waals surface area contributed by atoms with Gasteiger partial charge in [-0.3, -0.25) is 9.79 Å². The summed E-state index contributed by atoms with van der Waals surface area (Å²) in [4.78, 5) is 20.2. The van der Waals surface area contributed by atoms with Crippen LogP contribution in [0, 0.1) is 6.92 Å². The average Bonchev–Trinajstić information content (AvgIpc) is 3.19. The number of amides is 1.